The second kappa shape index (κ2) is 7.18. The number of rotatable bonds is 4. The predicted octanol–water partition coefficient (Wildman–Crippen LogP) is 3.92. The summed E-state index contributed by atoms with van der Waals surface area (Å²) in [6.45, 7) is 1.57. The van der Waals surface area contributed by atoms with Crippen molar-refractivity contribution in [2.24, 2.45) is 0 Å². The van der Waals surface area contributed by atoms with Gasteiger partial charge in [0.15, 0.2) is 0 Å². The van der Waals surface area contributed by atoms with Crippen LogP contribution in [-0.4, -0.2) is 22.4 Å². The number of ether oxygens (including phenoxy) is 1. The second-order valence-electron chi connectivity index (χ2n) is 5.59. The summed E-state index contributed by atoms with van der Waals surface area (Å²) in [4.78, 5) is 16.1. The van der Waals surface area contributed by atoms with E-state index in [4.69, 9.17) is 5.73 Å². The molecule has 0 spiro atoms. The number of aromatic nitrogens is 2. The number of nitrogens with zero attached hydrogens (tertiary/aromatic N) is 2. The summed E-state index contributed by atoms with van der Waals surface area (Å²) in [6.07, 6.45) is -3.77. The molecule has 1 aromatic carbocycles. The van der Waals surface area contributed by atoms with Gasteiger partial charge in [-0.25, -0.2) is 9.37 Å². The first-order chi connectivity index (χ1) is 13.1. The van der Waals surface area contributed by atoms with Crippen LogP contribution in [0.2, 0.25) is 0 Å². The molecule has 0 fully saturated rings. The van der Waals surface area contributed by atoms with Gasteiger partial charge in [0.05, 0.1) is 5.69 Å². The van der Waals surface area contributed by atoms with Crippen molar-refractivity contribution in [3.63, 3.8) is 0 Å². The Kier molecular flexibility index (Phi) is 4.91. The molecule has 3 aromatic rings. The van der Waals surface area contributed by atoms with E-state index in [2.05, 4.69) is 24.7 Å². The average molecular weight is 396 g/mol. The van der Waals surface area contributed by atoms with E-state index < -0.39 is 23.8 Å². The first-order valence-corrected chi connectivity index (χ1v) is 7.68. The topological polar surface area (TPSA) is 103 Å². The maximum absolute atomic E-state index is 14.1. The predicted molar refractivity (Wildman–Crippen MR) is 89.9 cm³/mol. The molecule has 0 radical (unpaired) electrons. The fourth-order valence-corrected chi connectivity index (χ4v) is 2.37. The van der Waals surface area contributed by atoms with E-state index in [9.17, 15) is 22.4 Å². The highest BCUT2D eigenvalue weighted by atomic mass is 19.4. The Morgan fingerprint density at radius 2 is 1.96 bits per heavy atom. The average Bonchev–Trinajstić information content (AvgIpc) is 3.02. The molecule has 7 nitrogen and oxygen atoms in total. The van der Waals surface area contributed by atoms with Gasteiger partial charge in [0.25, 0.3) is 5.91 Å². The summed E-state index contributed by atoms with van der Waals surface area (Å²) < 4.78 is 59.7. The lowest BCUT2D eigenvalue weighted by molar-refractivity contribution is -0.274. The number of nitrogens with two attached hydrogens (primary N) is 1. The Balaban J connectivity index is 1.87. The normalized spacial score (nSPS) is 11.3. The third-order valence-electron chi connectivity index (χ3n) is 3.62. The maximum Gasteiger partial charge on any atom is 0.573 e. The fraction of sp³-hybridized carbons (Fsp3) is 0.118. The highest BCUT2D eigenvalue weighted by Crippen LogP contribution is 2.33. The van der Waals surface area contributed by atoms with Gasteiger partial charge in [0.2, 0.25) is 0 Å². The molecule has 0 saturated carbocycles. The third kappa shape index (κ3) is 4.19. The number of pyridine rings is 1. The standard InChI is InChI=1S/C17H12F4N4O3/c1-8-12(7-27-25-8)16(26)24-14-5-3-10(15(22)23-14)11-6-9(2-4-13(11)18)28-17(19,20)21/h2-7H,1H3,(H3,22,23,24,26). The zero-order valence-corrected chi connectivity index (χ0v) is 14.2. The Hall–Kier alpha value is -3.63. The fourth-order valence-electron chi connectivity index (χ4n) is 2.37. The van der Waals surface area contributed by atoms with Crippen molar-refractivity contribution in [2.75, 3.05) is 11.1 Å². The van der Waals surface area contributed by atoms with Gasteiger partial charge in [-0.05, 0) is 37.3 Å². The molecule has 0 aliphatic carbocycles. The van der Waals surface area contributed by atoms with E-state index in [1.165, 1.54) is 12.1 Å². The second-order valence-corrected chi connectivity index (χ2v) is 5.59. The molecule has 146 valence electrons. The van der Waals surface area contributed by atoms with Crippen molar-refractivity contribution in [1.82, 2.24) is 10.1 Å². The van der Waals surface area contributed by atoms with Gasteiger partial charge in [0.1, 0.15) is 35.0 Å². The van der Waals surface area contributed by atoms with Gasteiger partial charge < -0.3 is 20.3 Å². The van der Waals surface area contributed by atoms with Gasteiger partial charge in [-0.2, -0.15) is 0 Å². The first-order valence-electron chi connectivity index (χ1n) is 7.68. The Morgan fingerprint density at radius 1 is 1.21 bits per heavy atom. The number of carbonyl (C=O) groups is 1. The van der Waals surface area contributed by atoms with Crippen LogP contribution < -0.4 is 15.8 Å². The van der Waals surface area contributed by atoms with E-state index >= 15 is 0 Å². The zero-order valence-electron chi connectivity index (χ0n) is 14.2. The summed E-state index contributed by atoms with van der Waals surface area (Å²) in [5.74, 6) is -2.13. The monoisotopic (exact) mass is 396 g/mol. The number of aryl methyl sites for hydroxylation is 1. The molecule has 0 unspecified atom stereocenters. The number of hydrogen-bond acceptors (Lipinski definition) is 6. The summed E-state index contributed by atoms with van der Waals surface area (Å²) >= 11 is 0. The van der Waals surface area contributed by atoms with Crippen LogP contribution in [0, 0.1) is 12.7 Å². The molecule has 0 atom stereocenters. The third-order valence-corrected chi connectivity index (χ3v) is 3.62. The van der Waals surface area contributed by atoms with E-state index in [0.29, 0.717) is 5.69 Å². The largest absolute Gasteiger partial charge is 0.573 e. The molecule has 28 heavy (non-hydrogen) atoms. The number of carbonyl (C=O) groups excluding carboxylic acids is 1. The molecular formula is C17H12F4N4O3. The van der Waals surface area contributed by atoms with Crippen molar-refractivity contribution in [2.45, 2.75) is 13.3 Å². The van der Waals surface area contributed by atoms with Crippen LogP contribution in [-0.2, 0) is 0 Å². The molecule has 11 heteroatoms. The number of nitrogens with one attached hydrogen (secondary N) is 1. The van der Waals surface area contributed by atoms with Crippen LogP contribution in [0.4, 0.5) is 29.2 Å². The highest BCUT2D eigenvalue weighted by Gasteiger charge is 2.31. The molecular weight excluding hydrogens is 384 g/mol. The minimum absolute atomic E-state index is 0.0317. The molecule has 0 saturated heterocycles. The minimum atomic E-state index is -4.92. The molecule has 3 N–H and O–H groups in total. The number of alkyl halides is 3. The number of nitrogen functional groups attached to an aromatic ring is 1. The lowest BCUT2D eigenvalue weighted by Gasteiger charge is -2.12. The van der Waals surface area contributed by atoms with E-state index in [1.54, 1.807) is 6.92 Å². The van der Waals surface area contributed by atoms with Crippen LogP contribution in [0.25, 0.3) is 11.1 Å². The van der Waals surface area contributed by atoms with E-state index in [1.807, 2.05) is 0 Å². The number of amides is 1. The summed E-state index contributed by atoms with van der Waals surface area (Å²) in [6, 6.07) is 5.15. The van der Waals surface area contributed by atoms with Gasteiger partial charge in [-0.1, -0.05) is 5.16 Å². The summed E-state index contributed by atoms with van der Waals surface area (Å²) in [5.41, 5.74) is 6.15. The lowest BCUT2D eigenvalue weighted by Crippen LogP contribution is -2.17. The SMILES string of the molecule is Cc1nocc1C(=O)Nc1ccc(-c2cc(OC(F)(F)F)ccc2F)c(N)n1. The van der Waals surface area contributed by atoms with Crippen LogP contribution >= 0.6 is 0 Å². The summed E-state index contributed by atoms with van der Waals surface area (Å²) in [7, 11) is 0. The number of halogens is 4. The van der Waals surface area contributed by atoms with Crippen molar-refractivity contribution < 1.29 is 31.6 Å². The molecule has 1 amide bonds. The number of anilines is 2. The van der Waals surface area contributed by atoms with Gasteiger partial charge in [-0.15, -0.1) is 13.2 Å². The first kappa shape index (κ1) is 19.1. The van der Waals surface area contributed by atoms with Crippen molar-refractivity contribution in [1.29, 1.82) is 0 Å². The minimum Gasteiger partial charge on any atom is -0.406 e. The molecule has 2 heterocycles. The number of hydrogen-bond donors (Lipinski definition) is 2. The molecule has 0 bridgehead atoms. The van der Waals surface area contributed by atoms with Gasteiger partial charge >= 0.3 is 6.36 Å². The maximum atomic E-state index is 14.1. The van der Waals surface area contributed by atoms with Crippen LogP contribution in [0.15, 0.2) is 41.1 Å². The molecule has 0 aliphatic rings. The zero-order chi connectivity index (χ0) is 20.5. The molecule has 0 aliphatic heterocycles. The van der Waals surface area contributed by atoms with E-state index in [-0.39, 0.29) is 28.3 Å². The van der Waals surface area contributed by atoms with Crippen LogP contribution in [0.5, 0.6) is 5.75 Å². The van der Waals surface area contributed by atoms with Crippen molar-refractivity contribution >= 4 is 17.5 Å². The Morgan fingerprint density at radius 3 is 2.57 bits per heavy atom. The van der Waals surface area contributed by atoms with Crippen molar-refractivity contribution in [3.8, 4) is 16.9 Å². The smallest absolute Gasteiger partial charge is 0.406 e. The van der Waals surface area contributed by atoms with Crippen molar-refractivity contribution in [3.05, 3.63) is 53.7 Å². The van der Waals surface area contributed by atoms with Gasteiger partial charge in [0, 0.05) is 11.1 Å². The van der Waals surface area contributed by atoms with Gasteiger partial charge in [-0.3, -0.25) is 4.79 Å². The quantitative estimate of drug-likeness (QED) is 0.648. The molecule has 2 aromatic heterocycles. The van der Waals surface area contributed by atoms with E-state index in [0.717, 1.165) is 24.5 Å². The Bertz CT molecular complexity index is 1030. The molecule has 3 rings (SSSR count). The summed E-state index contributed by atoms with van der Waals surface area (Å²) in [5, 5.41) is 6.04. The number of benzene rings is 1. The highest BCUT2D eigenvalue weighted by molar-refractivity contribution is 6.04. The van der Waals surface area contributed by atoms with Crippen LogP contribution in [0.3, 0.4) is 0 Å². The van der Waals surface area contributed by atoms with Crippen LogP contribution in [0.1, 0.15) is 16.1 Å². The lowest BCUT2D eigenvalue weighted by atomic mass is 10.1. The Labute approximate surface area is 155 Å².